The van der Waals surface area contributed by atoms with E-state index < -0.39 is 0 Å². The van der Waals surface area contributed by atoms with Gasteiger partial charge in [0.15, 0.2) is 0 Å². The minimum absolute atomic E-state index is 0.162. The molecule has 1 heterocycles. The number of benzene rings is 2. The summed E-state index contributed by atoms with van der Waals surface area (Å²) in [5, 5.41) is 7.86. The number of rotatable bonds is 4. The highest BCUT2D eigenvalue weighted by Gasteiger charge is 2.10. The largest absolute Gasteiger partial charge is 0.295 e. The van der Waals surface area contributed by atoms with Crippen molar-refractivity contribution >= 4 is 23.5 Å². The summed E-state index contributed by atoms with van der Waals surface area (Å²) < 4.78 is 1.47. The van der Waals surface area contributed by atoms with Crippen LogP contribution in [0.3, 0.4) is 0 Å². The van der Waals surface area contributed by atoms with Crippen LogP contribution < -0.4 is 11.0 Å². The minimum Gasteiger partial charge on any atom is -0.295 e. The van der Waals surface area contributed by atoms with E-state index in [1.54, 1.807) is 24.3 Å². The Morgan fingerprint density at radius 2 is 1.83 bits per heavy atom. The molecule has 0 unspecified atom stereocenters. The maximum absolute atomic E-state index is 12.6. The zero-order chi connectivity index (χ0) is 17.1. The molecule has 3 rings (SSSR count). The number of aromatic amines is 1. The van der Waals surface area contributed by atoms with Gasteiger partial charge in [-0.25, -0.2) is 4.68 Å². The molecule has 0 atom stereocenters. The number of hydrogen-bond acceptors (Lipinski definition) is 3. The maximum atomic E-state index is 12.6. The Bertz CT molecular complexity index is 938. The quantitative estimate of drug-likeness (QED) is 0.559. The zero-order valence-electron chi connectivity index (χ0n) is 13.4. The molecule has 1 aromatic heterocycles. The molecule has 0 radical (unpaired) electrons. The molecule has 122 valence electrons. The van der Waals surface area contributed by atoms with Gasteiger partial charge in [-0.2, -0.15) is 5.10 Å². The number of halogens is 1. The number of nitrogens with zero attached hydrogens (tertiary/aromatic N) is 2. The lowest BCUT2D eigenvalue weighted by Crippen LogP contribution is -2.17. The van der Waals surface area contributed by atoms with Crippen molar-refractivity contribution in [3.05, 3.63) is 80.7 Å². The van der Waals surface area contributed by atoms with E-state index in [-0.39, 0.29) is 5.56 Å². The van der Waals surface area contributed by atoms with E-state index >= 15 is 0 Å². The molecule has 2 aromatic carbocycles. The Balaban J connectivity index is 1.87. The number of aromatic nitrogens is 2. The van der Waals surface area contributed by atoms with Gasteiger partial charge >= 0.3 is 0 Å². The summed E-state index contributed by atoms with van der Waals surface area (Å²) in [5.41, 5.74) is 6.75. The predicted octanol–water partition coefficient (Wildman–Crippen LogP) is 3.88. The van der Waals surface area contributed by atoms with E-state index in [9.17, 15) is 4.79 Å². The van der Waals surface area contributed by atoms with Crippen molar-refractivity contribution in [3.63, 3.8) is 0 Å². The molecule has 6 heteroatoms. The summed E-state index contributed by atoms with van der Waals surface area (Å²) in [6, 6.07) is 14.9. The molecule has 2 N–H and O–H groups in total. The predicted molar refractivity (Wildman–Crippen MR) is 98.5 cm³/mol. The van der Waals surface area contributed by atoms with Gasteiger partial charge in [0.05, 0.1) is 23.2 Å². The van der Waals surface area contributed by atoms with Gasteiger partial charge < -0.3 is 0 Å². The van der Waals surface area contributed by atoms with Crippen LogP contribution in [-0.4, -0.2) is 16.0 Å². The van der Waals surface area contributed by atoms with Gasteiger partial charge in [-0.3, -0.25) is 15.3 Å². The number of anilines is 1. The van der Waals surface area contributed by atoms with Crippen LogP contribution in [0, 0.1) is 13.8 Å². The Morgan fingerprint density at radius 1 is 1.12 bits per heavy atom. The van der Waals surface area contributed by atoms with Crippen LogP contribution in [0.15, 0.2) is 58.4 Å². The van der Waals surface area contributed by atoms with Crippen LogP contribution in [0.2, 0.25) is 5.02 Å². The topological polar surface area (TPSA) is 62.2 Å². The van der Waals surface area contributed by atoms with Crippen molar-refractivity contribution in [2.24, 2.45) is 5.10 Å². The first-order chi connectivity index (χ1) is 11.6. The molecule has 0 amide bonds. The van der Waals surface area contributed by atoms with Crippen molar-refractivity contribution in [1.29, 1.82) is 0 Å². The first kappa shape index (κ1) is 16.1. The Hall–Kier alpha value is -2.79. The number of H-pyrrole nitrogens is 1. The molecular weight excluding hydrogens is 324 g/mol. The fourth-order valence-electron chi connectivity index (χ4n) is 2.35. The fourth-order valence-corrected chi connectivity index (χ4v) is 2.47. The van der Waals surface area contributed by atoms with Crippen molar-refractivity contribution in [1.82, 2.24) is 9.78 Å². The SMILES string of the molecule is Cc1ccccc1N/N=C\c1c(C)[nH]n(-c2ccc(Cl)cc2)c1=O. The Kier molecular flexibility index (Phi) is 4.53. The van der Waals surface area contributed by atoms with Gasteiger partial charge in [0, 0.05) is 10.7 Å². The van der Waals surface area contributed by atoms with Crippen molar-refractivity contribution < 1.29 is 0 Å². The summed E-state index contributed by atoms with van der Waals surface area (Å²) in [4.78, 5) is 12.6. The average Bonchev–Trinajstić information content (AvgIpc) is 2.85. The second-order valence-electron chi connectivity index (χ2n) is 5.45. The lowest BCUT2D eigenvalue weighted by atomic mass is 10.2. The summed E-state index contributed by atoms with van der Waals surface area (Å²) in [5.74, 6) is 0. The molecule has 5 nitrogen and oxygen atoms in total. The fraction of sp³-hybridized carbons (Fsp3) is 0.111. The Morgan fingerprint density at radius 3 is 2.54 bits per heavy atom. The van der Waals surface area contributed by atoms with Crippen LogP contribution in [0.5, 0.6) is 0 Å². The lowest BCUT2D eigenvalue weighted by Gasteiger charge is -2.02. The van der Waals surface area contributed by atoms with Crippen LogP contribution in [0.25, 0.3) is 5.69 Å². The van der Waals surface area contributed by atoms with Crippen LogP contribution >= 0.6 is 11.6 Å². The molecular formula is C18H17ClN4O. The van der Waals surface area contributed by atoms with Crippen molar-refractivity contribution in [3.8, 4) is 5.69 Å². The normalized spacial score (nSPS) is 11.1. The number of aryl methyl sites for hydroxylation is 2. The monoisotopic (exact) mass is 340 g/mol. The van der Waals surface area contributed by atoms with Crippen LogP contribution in [-0.2, 0) is 0 Å². The number of hydrogen-bond donors (Lipinski definition) is 2. The highest BCUT2D eigenvalue weighted by molar-refractivity contribution is 6.30. The smallest absolute Gasteiger partial charge is 0.280 e. The Labute approximate surface area is 144 Å². The van der Waals surface area contributed by atoms with E-state index in [4.69, 9.17) is 11.6 Å². The summed E-state index contributed by atoms with van der Waals surface area (Å²) in [7, 11) is 0. The third kappa shape index (κ3) is 3.26. The first-order valence-electron chi connectivity index (χ1n) is 7.48. The second-order valence-corrected chi connectivity index (χ2v) is 5.89. The van der Waals surface area contributed by atoms with Crippen LogP contribution in [0.1, 0.15) is 16.8 Å². The van der Waals surface area contributed by atoms with Gasteiger partial charge in [-0.1, -0.05) is 29.8 Å². The number of para-hydroxylation sites is 1. The molecule has 3 aromatic rings. The molecule has 0 spiro atoms. The molecule has 0 saturated carbocycles. The van der Waals surface area contributed by atoms with Gasteiger partial charge in [-0.05, 0) is 49.7 Å². The molecule has 0 fully saturated rings. The summed E-state index contributed by atoms with van der Waals surface area (Å²) in [6.07, 6.45) is 1.53. The van der Waals surface area contributed by atoms with Gasteiger partial charge in [0.25, 0.3) is 5.56 Å². The summed E-state index contributed by atoms with van der Waals surface area (Å²) in [6.45, 7) is 3.83. The van der Waals surface area contributed by atoms with E-state index in [0.29, 0.717) is 10.6 Å². The maximum Gasteiger partial charge on any atom is 0.280 e. The third-order valence-electron chi connectivity index (χ3n) is 3.73. The van der Waals surface area contributed by atoms with E-state index in [2.05, 4.69) is 15.6 Å². The highest BCUT2D eigenvalue weighted by atomic mass is 35.5. The standard InChI is InChI=1S/C18H17ClN4O/c1-12-5-3-4-6-17(12)21-20-11-16-13(2)22-23(18(16)24)15-9-7-14(19)8-10-15/h3-11,21-22H,1-2H3/b20-11-. The third-order valence-corrected chi connectivity index (χ3v) is 3.98. The molecule has 0 aliphatic heterocycles. The summed E-state index contributed by atoms with van der Waals surface area (Å²) >= 11 is 5.89. The minimum atomic E-state index is -0.162. The molecule has 0 aliphatic rings. The molecule has 0 aliphatic carbocycles. The average molecular weight is 341 g/mol. The zero-order valence-corrected chi connectivity index (χ0v) is 14.1. The van der Waals surface area contributed by atoms with E-state index in [0.717, 1.165) is 22.6 Å². The molecule has 0 bridgehead atoms. The molecule has 24 heavy (non-hydrogen) atoms. The first-order valence-corrected chi connectivity index (χ1v) is 7.86. The van der Waals surface area contributed by atoms with Crippen LogP contribution in [0.4, 0.5) is 5.69 Å². The lowest BCUT2D eigenvalue weighted by molar-refractivity contribution is 0.835. The van der Waals surface area contributed by atoms with Gasteiger partial charge in [-0.15, -0.1) is 0 Å². The van der Waals surface area contributed by atoms with Gasteiger partial charge in [0.2, 0.25) is 0 Å². The van der Waals surface area contributed by atoms with Crippen molar-refractivity contribution in [2.75, 3.05) is 5.43 Å². The van der Waals surface area contributed by atoms with Crippen molar-refractivity contribution in [2.45, 2.75) is 13.8 Å². The van der Waals surface area contributed by atoms with E-state index in [1.165, 1.54) is 10.9 Å². The number of hydrazone groups is 1. The highest BCUT2D eigenvalue weighted by Crippen LogP contribution is 2.14. The second kappa shape index (κ2) is 6.76. The molecule has 0 saturated heterocycles. The van der Waals surface area contributed by atoms with E-state index in [1.807, 2.05) is 38.1 Å². The van der Waals surface area contributed by atoms with Gasteiger partial charge in [0.1, 0.15) is 0 Å². The number of nitrogens with one attached hydrogen (secondary N) is 2.